The highest BCUT2D eigenvalue weighted by atomic mass is 35.5. The average Bonchev–Trinajstić information content (AvgIpc) is 2.30. The van der Waals surface area contributed by atoms with Crippen LogP contribution in [0.15, 0.2) is 24.3 Å². The third kappa shape index (κ3) is 16.8. The second-order valence-electron chi connectivity index (χ2n) is 3.18. The summed E-state index contributed by atoms with van der Waals surface area (Å²) in [5.74, 6) is 0. The molecule has 0 unspecified atom stereocenters. The number of nitrogens with zero attached hydrogens (tertiary/aromatic N) is 1. The fourth-order valence-corrected chi connectivity index (χ4v) is 0.667. The summed E-state index contributed by atoms with van der Waals surface area (Å²) in [7, 11) is 3.30. The minimum Gasteiger partial charge on any atom is -0.361 e. The smallest absolute Gasteiger partial charge is 0.278 e. The summed E-state index contributed by atoms with van der Waals surface area (Å²) in [6.45, 7) is 0. The topological polar surface area (TPSA) is 80.5 Å². The zero-order chi connectivity index (χ0) is 15.4. The first-order valence-corrected chi connectivity index (χ1v) is 6.07. The Morgan fingerprint density at radius 3 is 1.74 bits per heavy atom. The quantitative estimate of drug-likeness (QED) is 0.549. The van der Waals surface area contributed by atoms with Crippen LogP contribution in [-0.4, -0.2) is 35.8 Å². The Morgan fingerprint density at radius 1 is 1.21 bits per heavy atom. The molecule has 0 spiro atoms. The normalized spacial score (nSPS) is 8.05. The summed E-state index contributed by atoms with van der Waals surface area (Å²) in [5, 5.41) is -0.199. The number of aldehydes is 1. The second kappa shape index (κ2) is 11.9. The first-order valence-electron chi connectivity index (χ1n) is 4.80. The Labute approximate surface area is 127 Å². The minimum absolute atomic E-state index is 0.213. The molecular weight excluding hydrogens is 308 g/mol. The van der Waals surface area contributed by atoms with E-state index in [1.807, 2.05) is 0 Å². The molecule has 0 fully saturated rings. The number of primary amides is 1. The van der Waals surface area contributed by atoms with Crippen molar-refractivity contribution in [2.75, 3.05) is 14.1 Å². The molecule has 1 rings (SSSR count). The van der Waals surface area contributed by atoms with E-state index in [1.54, 1.807) is 38.4 Å². The predicted molar refractivity (Wildman–Crippen MR) is 83.5 cm³/mol. The highest BCUT2D eigenvalue weighted by molar-refractivity contribution is 7.96. The van der Waals surface area contributed by atoms with E-state index < -0.39 is 5.24 Å². The van der Waals surface area contributed by atoms with Gasteiger partial charge in [0.15, 0.2) is 0 Å². The van der Waals surface area contributed by atoms with Crippen LogP contribution in [0.2, 0.25) is 5.02 Å². The summed E-state index contributed by atoms with van der Waals surface area (Å²) in [4.78, 5) is 30.5. The van der Waals surface area contributed by atoms with Gasteiger partial charge < -0.3 is 10.6 Å². The monoisotopic (exact) mass is 322 g/mol. The van der Waals surface area contributed by atoms with Crippen molar-refractivity contribution in [2.45, 2.75) is 0 Å². The van der Waals surface area contributed by atoms with Crippen molar-refractivity contribution in [3.8, 4) is 0 Å². The Morgan fingerprint density at radius 2 is 1.53 bits per heavy atom. The van der Waals surface area contributed by atoms with Crippen LogP contribution in [-0.2, 0) is 0 Å². The number of hydrogen-bond donors (Lipinski definition) is 3. The molecule has 2 N–H and O–H groups in total. The van der Waals surface area contributed by atoms with Crippen LogP contribution in [0, 0.1) is 0 Å². The van der Waals surface area contributed by atoms with Gasteiger partial charge in [-0.05, 0) is 12.1 Å². The summed E-state index contributed by atoms with van der Waals surface area (Å²) in [6, 6.07) is 6.72. The molecule has 0 atom stereocenters. The maximum atomic E-state index is 10.1. The van der Waals surface area contributed by atoms with Crippen molar-refractivity contribution >= 4 is 53.6 Å². The maximum absolute atomic E-state index is 10.1. The number of benzene rings is 1. The number of hydrogen-bond acceptors (Lipinski definition) is 3. The molecule has 19 heavy (non-hydrogen) atoms. The van der Waals surface area contributed by atoms with E-state index in [0.29, 0.717) is 10.6 Å². The molecule has 0 aliphatic carbocycles. The number of halogens is 1. The van der Waals surface area contributed by atoms with Crippen LogP contribution in [0.1, 0.15) is 10.4 Å². The van der Waals surface area contributed by atoms with Crippen LogP contribution in [0.4, 0.5) is 9.59 Å². The lowest BCUT2D eigenvalue weighted by Gasteiger charge is -2.01. The molecule has 0 radical (unpaired) electrons. The van der Waals surface area contributed by atoms with Crippen LogP contribution < -0.4 is 5.73 Å². The number of amides is 2. The van der Waals surface area contributed by atoms with E-state index in [9.17, 15) is 9.59 Å². The minimum atomic E-state index is -0.639. The van der Waals surface area contributed by atoms with E-state index in [-0.39, 0.29) is 5.24 Å². The number of rotatable bonds is 1. The molecule has 2 amide bonds. The van der Waals surface area contributed by atoms with Crippen molar-refractivity contribution < 1.29 is 14.4 Å². The second-order valence-corrected chi connectivity index (χ2v) is 4.44. The van der Waals surface area contributed by atoms with Gasteiger partial charge in [0, 0.05) is 24.7 Å². The molecule has 1 aromatic carbocycles. The maximum Gasteiger partial charge on any atom is 0.278 e. The van der Waals surface area contributed by atoms with Gasteiger partial charge in [-0.25, -0.2) is 0 Å². The van der Waals surface area contributed by atoms with Gasteiger partial charge in [-0.3, -0.25) is 14.4 Å². The Bertz CT molecular complexity index is 407. The summed E-state index contributed by atoms with van der Waals surface area (Å²) < 4.78 is 0. The van der Waals surface area contributed by atoms with Gasteiger partial charge in [-0.1, -0.05) is 49.0 Å². The lowest BCUT2D eigenvalue weighted by molar-refractivity contribution is 0.112. The van der Waals surface area contributed by atoms with Gasteiger partial charge in [0.05, 0.1) is 0 Å². The van der Waals surface area contributed by atoms with Gasteiger partial charge in [-0.15, -0.1) is 0 Å². The third-order valence-electron chi connectivity index (χ3n) is 1.39. The first kappa shape index (κ1) is 20.1. The molecule has 5 nitrogen and oxygen atoms in total. The van der Waals surface area contributed by atoms with Crippen molar-refractivity contribution in [1.29, 1.82) is 0 Å². The Kier molecular flexibility index (Phi) is 12.6. The molecular formula is C11H15ClN2O3S2. The molecule has 0 saturated carbocycles. The van der Waals surface area contributed by atoms with Crippen molar-refractivity contribution in [2.24, 2.45) is 5.73 Å². The lowest BCUT2D eigenvalue weighted by atomic mass is 10.2. The molecule has 8 heteroatoms. The molecule has 0 aromatic heterocycles. The highest BCUT2D eigenvalue weighted by Gasteiger charge is 1.89. The van der Waals surface area contributed by atoms with Gasteiger partial charge in [0.2, 0.25) is 0 Å². The Balaban J connectivity index is 0. The first-order chi connectivity index (χ1) is 8.70. The van der Waals surface area contributed by atoms with E-state index in [0.717, 1.165) is 6.29 Å². The SMILES string of the molecule is CN(C)C(=O)S.NC(=O)S.O=Cc1ccc(Cl)cc1. The van der Waals surface area contributed by atoms with Gasteiger partial charge >= 0.3 is 0 Å². The fraction of sp³-hybridized carbons (Fsp3) is 0.182. The zero-order valence-corrected chi connectivity index (χ0v) is 13.0. The fourth-order valence-electron chi connectivity index (χ4n) is 0.541. The lowest BCUT2D eigenvalue weighted by Crippen LogP contribution is -2.13. The predicted octanol–water partition coefficient (Wildman–Crippen LogP) is 2.75. The standard InChI is InChI=1S/C7H5ClO.C3H7NOS.CH3NOS/c8-7-3-1-6(5-9)2-4-7;1-4(2)3(5)6;2-1(3)4/h1-5H;1-2H3,(H,5,6);(H3,2,3,4). The summed E-state index contributed by atoms with van der Waals surface area (Å²) >= 11 is 12.1. The highest BCUT2D eigenvalue weighted by Crippen LogP contribution is 2.07. The Hall–Kier alpha value is -1.18. The van der Waals surface area contributed by atoms with Crippen LogP contribution in [0.25, 0.3) is 0 Å². The van der Waals surface area contributed by atoms with Crippen LogP contribution in [0.5, 0.6) is 0 Å². The van der Waals surface area contributed by atoms with Gasteiger partial charge in [0.1, 0.15) is 6.29 Å². The van der Waals surface area contributed by atoms with E-state index >= 15 is 0 Å². The average molecular weight is 323 g/mol. The molecule has 0 saturated heterocycles. The number of nitrogens with two attached hydrogens (primary N) is 1. The molecule has 106 valence electrons. The van der Waals surface area contributed by atoms with E-state index in [1.165, 1.54) is 4.90 Å². The molecule has 1 aromatic rings. The van der Waals surface area contributed by atoms with E-state index in [4.69, 9.17) is 16.4 Å². The van der Waals surface area contributed by atoms with E-state index in [2.05, 4.69) is 31.0 Å². The van der Waals surface area contributed by atoms with Gasteiger partial charge in [-0.2, -0.15) is 0 Å². The van der Waals surface area contributed by atoms with Crippen molar-refractivity contribution in [3.63, 3.8) is 0 Å². The molecule has 0 aliphatic rings. The number of carbonyl (C=O) groups is 3. The molecule has 0 aliphatic heterocycles. The third-order valence-corrected chi connectivity index (χ3v) is 2.04. The number of carbonyl (C=O) groups excluding carboxylic acids is 3. The van der Waals surface area contributed by atoms with Crippen molar-refractivity contribution in [1.82, 2.24) is 4.90 Å². The largest absolute Gasteiger partial charge is 0.361 e. The zero-order valence-electron chi connectivity index (χ0n) is 10.4. The van der Waals surface area contributed by atoms with Crippen LogP contribution in [0.3, 0.4) is 0 Å². The molecule has 0 bridgehead atoms. The van der Waals surface area contributed by atoms with Gasteiger partial charge in [0.25, 0.3) is 10.5 Å². The van der Waals surface area contributed by atoms with Crippen LogP contribution >= 0.6 is 36.9 Å². The summed E-state index contributed by atoms with van der Waals surface area (Å²) in [5.41, 5.74) is 4.99. The number of thiol groups is 2. The summed E-state index contributed by atoms with van der Waals surface area (Å²) in [6.07, 6.45) is 0.788. The van der Waals surface area contributed by atoms with Crippen molar-refractivity contribution in [3.05, 3.63) is 34.9 Å². The molecule has 0 heterocycles.